The van der Waals surface area contributed by atoms with Crippen molar-refractivity contribution in [3.05, 3.63) is 71.3 Å². The van der Waals surface area contributed by atoms with E-state index < -0.39 is 0 Å². The van der Waals surface area contributed by atoms with E-state index >= 15 is 0 Å². The summed E-state index contributed by atoms with van der Waals surface area (Å²) in [4.78, 5) is 11.7. The highest BCUT2D eigenvalue weighted by molar-refractivity contribution is 5.98. The molecule has 1 N–H and O–H groups in total. The first-order valence-electron chi connectivity index (χ1n) is 5.85. The fourth-order valence-electron chi connectivity index (χ4n) is 1.73. The summed E-state index contributed by atoms with van der Waals surface area (Å²) in [6.07, 6.45) is 3.96. The summed E-state index contributed by atoms with van der Waals surface area (Å²) in [5, 5.41) is 2.65. The van der Waals surface area contributed by atoms with Crippen LogP contribution in [0, 0.1) is 0 Å². The van der Waals surface area contributed by atoms with Crippen LogP contribution in [0.2, 0.25) is 0 Å². The minimum absolute atomic E-state index is 0.0664. The van der Waals surface area contributed by atoms with E-state index in [1.54, 1.807) is 7.05 Å². The van der Waals surface area contributed by atoms with Crippen molar-refractivity contribution in [2.45, 2.75) is 0 Å². The van der Waals surface area contributed by atoms with E-state index in [2.05, 4.69) is 5.32 Å². The summed E-state index contributed by atoms with van der Waals surface area (Å²) < 4.78 is 0. The average molecular weight is 237 g/mol. The van der Waals surface area contributed by atoms with Crippen LogP contribution in [0.1, 0.15) is 21.5 Å². The number of carbonyl (C=O) groups is 1. The third-order valence-corrected chi connectivity index (χ3v) is 2.69. The summed E-state index contributed by atoms with van der Waals surface area (Å²) in [7, 11) is 1.64. The average Bonchev–Trinajstić information content (AvgIpc) is 2.45. The number of carbonyl (C=O) groups excluding carboxylic acids is 1. The molecule has 0 aliphatic carbocycles. The fraction of sp³-hybridized carbons (Fsp3) is 0.0625. The van der Waals surface area contributed by atoms with Crippen LogP contribution in [-0.4, -0.2) is 13.0 Å². The Morgan fingerprint density at radius 1 is 0.944 bits per heavy atom. The number of hydrogen-bond acceptors (Lipinski definition) is 1. The van der Waals surface area contributed by atoms with Gasteiger partial charge in [-0.3, -0.25) is 4.79 Å². The zero-order chi connectivity index (χ0) is 12.8. The van der Waals surface area contributed by atoms with Crippen LogP contribution in [0.4, 0.5) is 0 Å². The molecule has 0 spiro atoms. The standard InChI is InChI=1S/C16H15NO/c1-17-16(18)15-10-6-5-9-14(15)12-11-13-7-3-2-4-8-13/h2-12H,1H3,(H,17,18). The van der Waals surface area contributed by atoms with Crippen LogP contribution < -0.4 is 5.32 Å². The lowest BCUT2D eigenvalue weighted by molar-refractivity contribution is 0.0963. The van der Waals surface area contributed by atoms with Crippen molar-refractivity contribution in [3.8, 4) is 0 Å². The van der Waals surface area contributed by atoms with Gasteiger partial charge in [0.15, 0.2) is 0 Å². The third-order valence-electron chi connectivity index (χ3n) is 2.69. The highest BCUT2D eigenvalue weighted by atomic mass is 16.1. The van der Waals surface area contributed by atoms with Gasteiger partial charge in [0.05, 0.1) is 0 Å². The molecule has 2 aromatic rings. The SMILES string of the molecule is CNC(=O)c1ccccc1C=Cc1ccccc1. The molecule has 1 amide bonds. The normalized spacial score (nSPS) is 10.5. The number of hydrogen-bond donors (Lipinski definition) is 1. The number of nitrogens with one attached hydrogen (secondary N) is 1. The molecule has 0 heterocycles. The second-order valence-corrected chi connectivity index (χ2v) is 3.91. The first-order valence-corrected chi connectivity index (χ1v) is 5.85. The Balaban J connectivity index is 2.29. The smallest absolute Gasteiger partial charge is 0.251 e. The molecule has 2 rings (SSSR count). The van der Waals surface area contributed by atoms with Gasteiger partial charge in [-0.25, -0.2) is 0 Å². The van der Waals surface area contributed by atoms with E-state index in [0.717, 1.165) is 11.1 Å². The summed E-state index contributed by atoms with van der Waals surface area (Å²) in [5.74, 6) is -0.0664. The van der Waals surface area contributed by atoms with Gasteiger partial charge in [0.2, 0.25) is 0 Å². The number of rotatable bonds is 3. The van der Waals surface area contributed by atoms with Crippen molar-refractivity contribution in [2.24, 2.45) is 0 Å². The van der Waals surface area contributed by atoms with E-state index in [-0.39, 0.29) is 5.91 Å². The molecule has 2 heteroatoms. The maximum atomic E-state index is 11.7. The van der Waals surface area contributed by atoms with Gasteiger partial charge in [0.1, 0.15) is 0 Å². The fourth-order valence-corrected chi connectivity index (χ4v) is 1.73. The first kappa shape index (κ1) is 12.1. The molecule has 0 aromatic heterocycles. The van der Waals surface area contributed by atoms with Crippen molar-refractivity contribution >= 4 is 18.1 Å². The number of benzene rings is 2. The molecule has 2 aromatic carbocycles. The lowest BCUT2D eigenvalue weighted by Crippen LogP contribution is -2.18. The largest absolute Gasteiger partial charge is 0.355 e. The zero-order valence-corrected chi connectivity index (χ0v) is 10.3. The maximum absolute atomic E-state index is 11.7. The van der Waals surface area contributed by atoms with Crippen LogP contribution in [0.15, 0.2) is 54.6 Å². The lowest BCUT2D eigenvalue weighted by atomic mass is 10.1. The van der Waals surface area contributed by atoms with Crippen molar-refractivity contribution in [2.75, 3.05) is 7.05 Å². The van der Waals surface area contributed by atoms with Gasteiger partial charge < -0.3 is 5.32 Å². The lowest BCUT2D eigenvalue weighted by Gasteiger charge is -2.03. The van der Waals surface area contributed by atoms with Crippen LogP contribution in [0.5, 0.6) is 0 Å². The molecular weight excluding hydrogens is 222 g/mol. The van der Waals surface area contributed by atoms with Gasteiger partial charge in [0.25, 0.3) is 5.91 Å². The molecule has 0 aliphatic rings. The van der Waals surface area contributed by atoms with Crippen LogP contribution in [0.25, 0.3) is 12.2 Å². The Labute approximate surface area is 107 Å². The quantitative estimate of drug-likeness (QED) is 0.816. The van der Waals surface area contributed by atoms with Crippen LogP contribution in [-0.2, 0) is 0 Å². The van der Waals surface area contributed by atoms with E-state index in [1.165, 1.54) is 0 Å². The van der Waals surface area contributed by atoms with Crippen molar-refractivity contribution < 1.29 is 4.79 Å². The van der Waals surface area contributed by atoms with E-state index in [0.29, 0.717) is 5.56 Å². The molecule has 90 valence electrons. The Hall–Kier alpha value is -2.35. The molecule has 0 unspecified atom stereocenters. The Morgan fingerprint density at radius 3 is 2.33 bits per heavy atom. The summed E-state index contributed by atoms with van der Waals surface area (Å²) >= 11 is 0. The number of amides is 1. The summed E-state index contributed by atoms with van der Waals surface area (Å²) in [6, 6.07) is 17.6. The molecule has 0 radical (unpaired) electrons. The van der Waals surface area contributed by atoms with E-state index in [9.17, 15) is 4.79 Å². The van der Waals surface area contributed by atoms with Gasteiger partial charge in [-0.05, 0) is 17.2 Å². The van der Waals surface area contributed by atoms with Gasteiger partial charge in [0, 0.05) is 12.6 Å². The van der Waals surface area contributed by atoms with Crippen molar-refractivity contribution in [3.63, 3.8) is 0 Å². The second-order valence-electron chi connectivity index (χ2n) is 3.91. The Bertz CT molecular complexity index is 558. The first-order chi connectivity index (χ1) is 8.81. The molecule has 0 saturated carbocycles. The molecule has 0 bridgehead atoms. The maximum Gasteiger partial charge on any atom is 0.251 e. The predicted octanol–water partition coefficient (Wildman–Crippen LogP) is 3.22. The van der Waals surface area contributed by atoms with Crippen LogP contribution in [0.3, 0.4) is 0 Å². The van der Waals surface area contributed by atoms with Crippen molar-refractivity contribution in [1.82, 2.24) is 5.32 Å². The highest BCUT2D eigenvalue weighted by Gasteiger charge is 2.05. The predicted molar refractivity (Wildman–Crippen MR) is 75.2 cm³/mol. The molecule has 0 fully saturated rings. The molecular formula is C16H15NO. The van der Waals surface area contributed by atoms with Gasteiger partial charge in [-0.2, -0.15) is 0 Å². The minimum Gasteiger partial charge on any atom is -0.355 e. The van der Waals surface area contributed by atoms with Gasteiger partial charge in [-0.1, -0.05) is 60.7 Å². The minimum atomic E-state index is -0.0664. The monoisotopic (exact) mass is 237 g/mol. The highest BCUT2D eigenvalue weighted by Crippen LogP contribution is 2.13. The topological polar surface area (TPSA) is 29.1 Å². The van der Waals surface area contributed by atoms with Gasteiger partial charge in [-0.15, -0.1) is 0 Å². The third kappa shape index (κ3) is 2.86. The molecule has 18 heavy (non-hydrogen) atoms. The molecule has 2 nitrogen and oxygen atoms in total. The summed E-state index contributed by atoms with van der Waals surface area (Å²) in [5.41, 5.74) is 2.72. The van der Waals surface area contributed by atoms with E-state index in [1.807, 2.05) is 66.7 Å². The molecule has 0 saturated heterocycles. The molecule has 0 aliphatic heterocycles. The Morgan fingerprint density at radius 2 is 1.61 bits per heavy atom. The van der Waals surface area contributed by atoms with Crippen LogP contribution >= 0.6 is 0 Å². The van der Waals surface area contributed by atoms with Gasteiger partial charge >= 0.3 is 0 Å². The summed E-state index contributed by atoms with van der Waals surface area (Å²) in [6.45, 7) is 0. The van der Waals surface area contributed by atoms with E-state index in [4.69, 9.17) is 0 Å². The zero-order valence-electron chi connectivity index (χ0n) is 10.3. The van der Waals surface area contributed by atoms with Crippen molar-refractivity contribution in [1.29, 1.82) is 0 Å². The second kappa shape index (κ2) is 5.82. The molecule has 0 atom stereocenters. The Kier molecular flexibility index (Phi) is 3.92.